The lowest BCUT2D eigenvalue weighted by atomic mass is 9.90. The summed E-state index contributed by atoms with van der Waals surface area (Å²) in [6.45, 7) is 14.6. The minimum atomic E-state index is -4.49. The summed E-state index contributed by atoms with van der Waals surface area (Å²) in [6.07, 6.45) is -8.95. The number of ether oxygens (including phenoxy) is 6. The monoisotopic (exact) mass is 526 g/mol. The maximum atomic E-state index is 12.2. The molecule has 6 unspecified atom stereocenters. The molecule has 0 aromatic rings. The maximum Gasteiger partial charge on any atom is 0.425 e. The van der Waals surface area contributed by atoms with Gasteiger partial charge in [0.2, 0.25) is 6.10 Å². The van der Waals surface area contributed by atoms with Gasteiger partial charge in [-0.1, -0.05) is 13.8 Å². The van der Waals surface area contributed by atoms with Gasteiger partial charge in [0.25, 0.3) is 0 Å². The second-order valence-corrected chi connectivity index (χ2v) is 10.9. The van der Waals surface area contributed by atoms with E-state index in [0.29, 0.717) is 12.8 Å². The van der Waals surface area contributed by atoms with Crippen LogP contribution in [0.2, 0.25) is 0 Å². The summed E-state index contributed by atoms with van der Waals surface area (Å²) in [5.74, 6) is -2.64. The van der Waals surface area contributed by atoms with Gasteiger partial charge >= 0.3 is 24.1 Å². The Labute approximate surface area is 209 Å². The third-order valence-corrected chi connectivity index (χ3v) is 6.66. The van der Waals surface area contributed by atoms with E-state index in [9.17, 15) is 27.6 Å². The van der Waals surface area contributed by atoms with Gasteiger partial charge in [-0.15, -0.1) is 0 Å². The average molecular weight is 527 g/mol. The van der Waals surface area contributed by atoms with Crippen molar-refractivity contribution in [1.29, 1.82) is 0 Å². The molecule has 0 amide bonds. The molecular formula is C24H37F3O9. The molecule has 3 aliphatic rings. The SMILES string of the molecule is CCC(C)(C)C(=O)OC(C)C(F)(F)F.CCC(C)(C)C(=O)OC1C(=O)OC2C3OC(C)(C)OC3OC12. The van der Waals surface area contributed by atoms with E-state index in [4.69, 9.17) is 23.7 Å². The van der Waals surface area contributed by atoms with E-state index in [1.165, 1.54) is 0 Å². The summed E-state index contributed by atoms with van der Waals surface area (Å²) in [5, 5.41) is 0. The Balaban J connectivity index is 0.000000284. The lowest BCUT2D eigenvalue weighted by molar-refractivity contribution is -0.221. The van der Waals surface area contributed by atoms with Crippen molar-refractivity contribution < 1.29 is 56.0 Å². The van der Waals surface area contributed by atoms with Crippen LogP contribution in [-0.4, -0.2) is 66.7 Å². The Kier molecular flexibility index (Phi) is 8.80. The Bertz CT molecular complexity index is 837. The number of rotatable bonds is 6. The van der Waals surface area contributed by atoms with Crippen molar-refractivity contribution in [2.45, 2.75) is 124 Å². The fourth-order valence-electron chi connectivity index (χ4n) is 3.28. The van der Waals surface area contributed by atoms with Gasteiger partial charge in [0.1, 0.15) is 6.10 Å². The number of hydrogen-bond donors (Lipinski definition) is 0. The summed E-state index contributed by atoms with van der Waals surface area (Å²) < 4.78 is 68.1. The van der Waals surface area contributed by atoms with Crippen molar-refractivity contribution in [2.75, 3.05) is 0 Å². The molecule has 208 valence electrons. The largest absolute Gasteiger partial charge is 0.454 e. The van der Waals surface area contributed by atoms with Crippen LogP contribution in [0.5, 0.6) is 0 Å². The van der Waals surface area contributed by atoms with Gasteiger partial charge < -0.3 is 28.4 Å². The molecule has 0 aromatic carbocycles. The van der Waals surface area contributed by atoms with Gasteiger partial charge in [0, 0.05) is 0 Å². The Morgan fingerprint density at radius 2 is 1.47 bits per heavy atom. The van der Waals surface area contributed by atoms with Crippen LogP contribution in [0.1, 0.15) is 75.2 Å². The zero-order valence-corrected chi connectivity index (χ0v) is 22.2. The number of halogens is 3. The normalized spacial score (nSPS) is 29.9. The molecule has 3 aliphatic heterocycles. The molecule has 0 aromatic heterocycles. The quantitative estimate of drug-likeness (QED) is 0.374. The van der Waals surface area contributed by atoms with Crippen molar-refractivity contribution >= 4 is 17.9 Å². The average Bonchev–Trinajstić information content (AvgIpc) is 3.33. The van der Waals surface area contributed by atoms with E-state index >= 15 is 0 Å². The van der Waals surface area contributed by atoms with Gasteiger partial charge in [0.15, 0.2) is 30.4 Å². The topological polar surface area (TPSA) is 107 Å². The molecule has 0 N–H and O–H groups in total. The molecule has 0 radical (unpaired) electrons. The van der Waals surface area contributed by atoms with Crippen LogP contribution in [-0.2, 0) is 42.8 Å². The number of esters is 3. The molecule has 6 atom stereocenters. The van der Waals surface area contributed by atoms with Crippen LogP contribution in [0.3, 0.4) is 0 Å². The van der Waals surface area contributed by atoms with Crippen LogP contribution < -0.4 is 0 Å². The van der Waals surface area contributed by atoms with E-state index in [-0.39, 0.29) is 0 Å². The molecule has 3 heterocycles. The molecule has 0 saturated carbocycles. The number of alkyl halides is 3. The molecule has 9 nitrogen and oxygen atoms in total. The minimum absolute atomic E-state index is 0.441. The summed E-state index contributed by atoms with van der Waals surface area (Å²) in [6, 6.07) is 0. The molecule has 36 heavy (non-hydrogen) atoms. The van der Waals surface area contributed by atoms with E-state index in [1.807, 2.05) is 6.92 Å². The van der Waals surface area contributed by atoms with Crippen molar-refractivity contribution in [3.63, 3.8) is 0 Å². The van der Waals surface area contributed by atoms with E-state index in [1.54, 1.807) is 48.5 Å². The van der Waals surface area contributed by atoms with Gasteiger partial charge in [-0.25, -0.2) is 4.79 Å². The van der Waals surface area contributed by atoms with Crippen molar-refractivity contribution in [2.24, 2.45) is 10.8 Å². The summed E-state index contributed by atoms with van der Waals surface area (Å²) in [5.41, 5.74) is -1.53. The zero-order valence-electron chi connectivity index (χ0n) is 22.2. The minimum Gasteiger partial charge on any atom is -0.454 e. The molecule has 3 saturated heterocycles. The van der Waals surface area contributed by atoms with Crippen LogP contribution in [0.4, 0.5) is 13.2 Å². The van der Waals surface area contributed by atoms with Crippen molar-refractivity contribution in [3.8, 4) is 0 Å². The van der Waals surface area contributed by atoms with Crippen LogP contribution in [0.25, 0.3) is 0 Å². The maximum absolute atomic E-state index is 12.2. The fourth-order valence-corrected chi connectivity index (χ4v) is 3.28. The molecule has 3 fully saturated rings. The lowest BCUT2D eigenvalue weighted by Gasteiger charge is -2.24. The van der Waals surface area contributed by atoms with Crippen LogP contribution in [0, 0.1) is 10.8 Å². The van der Waals surface area contributed by atoms with E-state index in [2.05, 4.69) is 4.74 Å². The highest BCUT2D eigenvalue weighted by Gasteiger charge is 2.64. The van der Waals surface area contributed by atoms with Gasteiger partial charge in [-0.05, 0) is 61.3 Å². The van der Waals surface area contributed by atoms with Crippen molar-refractivity contribution in [3.05, 3.63) is 0 Å². The fraction of sp³-hybridized carbons (Fsp3) is 0.875. The zero-order chi connectivity index (χ0) is 27.9. The molecule has 0 aliphatic carbocycles. The van der Waals surface area contributed by atoms with Crippen LogP contribution in [0.15, 0.2) is 0 Å². The first-order valence-electron chi connectivity index (χ1n) is 12.0. The van der Waals surface area contributed by atoms with Gasteiger partial charge in [-0.2, -0.15) is 13.2 Å². The molecule has 0 spiro atoms. The summed E-state index contributed by atoms with van der Waals surface area (Å²) in [7, 11) is 0. The number of carbonyl (C=O) groups excluding carboxylic acids is 3. The number of hydrogen-bond acceptors (Lipinski definition) is 9. The summed E-state index contributed by atoms with van der Waals surface area (Å²) >= 11 is 0. The highest BCUT2D eigenvalue weighted by Crippen LogP contribution is 2.43. The molecular weight excluding hydrogens is 489 g/mol. The number of fused-ring (bicyclic) bond motifs is 3. The Morgan fingerprint density at radius 3 is 1.97 bits per heavy atom. The first kappa shape index (κ1) is 30.3. The Morgan fingerprint density at radius 1 is 0.944 bits per heavy atom. The third kappa shape index (κ3) is 6.69. The molecule has 3 rings (SSSR count). The number of carbonyl (C=O) groups is 3. The van der Waals surface area contributed by atoms with Crippen molar-refractivity contribution in [1.82, 2.24) is 0 Å². The van der Waals surface area contributed by atoms with Gasteiger partial charge in [0.05, 0.1) is 10.8 Å². The predicted molar refractivity (Wildman–Crippen MR) is 118 cm³/mol. The molecule has 0 bridgehead atoms. The summed E-state index contributed by atoms with van der Waals surface area (Å²) in [4.78, 5) is 35.4. The lowest BCUT2D eigenvalue weighted by Crippen LogP contribution is -2.40. The first-order valence-corrected chi connectivity index (χ1v) is 12.0. The van der Waals surface area contributed by atoms with Gasteiger partial charge in [-0.3, -0.25) is 9.59 Å². The van der Waals surface area contributed by atoms with E-state index in [0.717, 1.165) is 6.92 Å². The second-order valence-electron chi connectivity index (χ2n) is 10.9. The Hall–Kier alpha value is -1.92. The smallest absolute Gasteiger partial charge is 0.425 e. The predicted octanol–water partition coefficient (Wildman–Crippen LogP) is 4.05. The highest BCUT2D eigenvalue weighted by atomic mass is 19.4. The van der Waals surface area contributed by atoms with E-state index < -0.39 is 77.5 Å². The van der Waals surface area contributed by atoms with Crippen LogP contribution >= 0.6 is 0 Å². The first-order chi connectivity index (χ1) is 16.3. The molecule has 12 heteroatoms. The highest BCUT2D eigenvalue weighted by molar-refractivity contribution is 5.84. The third-order valence-electron chi connectivity index (χ3n) is 6.66. The second kappa shape index (κ2) is 10.4. The standard InChI is InChI=1S/C15H22O7.C9H15F3O2/c1-6-14(2,3)13(17)20-9-7-8(18-11(9)16)10-12(19-7)22-15(4,5)21-10;1-5-8(3,4)7(13)14-6(2)9(10,11)12/h7-10,12H,6H2,1-5H3;6H,5H2,1-4H3.